The van der Waals surface area contributed by atoms with Crippen molar-refractivity contribution in [1.29, 1.82) is 0 Å². The highest BCUT2D eigenvalue weighted by atomic mass is 19.4. The topological polar surface area (TPSA) is 71.3 Å². The summed E-state index contributed by atoms with van der Waals surface area (Å²) in [6, 6.07) is 5.54. The molecule has 1 fully saturated rings. The number of halogens is 4. The first-order valence-corrected chi connectivity index (χ1v) is 10.0. The summed E-state index contributed by atoms with van der Waals surface area (Å²) in [5.74, 6) is -0.389. The molecule has 1 N–H and O–H groups in total. The van der Waals surface area contributed by atoms with Crippen LogP contribution in [0, 0.1) is 5.82 Å². The number of rotatable bonds is 4. The SMILES string of the molecule is CC1C(Nc2ccc(C(F)(F)F)cn2)CCCN1C(=O)c1ccc(F)cc1-c1ncco1. The van der Waals surface area contributed by atoms with Crippen LogP contribution in [0.2, 0.25) is 0 Å². The normalized spacial score (nSPS) is 19.1. The molecular formula is C22H20F4N4O2. The Morgan fingerprint density at radius 3 is 2.69 bits per heavy atom. The van der Waals surface area contributed by atoms with Gasteiger partial charge in [0.1, 0.15) is 17.9 Å². The lowest BCUT2D eigenvalue weighted by atomic mass is 9.95. The molecule has 2 atom stereocenters. The maximum Gasteiger partial charge on any atom is 0.417 e. The number of benzene rings is 1. The second-order valence-corrected chi connectivity index (χ2v) is 7.59. The van der Waals surface area contributed by atoms with Gasteiger partial charge in [-0.15, -0.1) is 0 Å². The Labute approximate surface area is 181 Å². The minimum atomic E-state index is -4.46. The molecule has 0 spiro atoms. The van der Waals surface area contributed by atoms with E-state index in [-0.39, 0.29) is 35.0 Å². The van der Waals surface area contributed by atoms with Crippen molar-refractivity contribution in [3.8, 4) is 11.5 Å². The molecule has 2 aromatic heterocycles. The average molecular weight is 448 g/mol. The van der Waals surface area contributed by atoms with Crippen molar-refractivity contribution in [1.82, 2.24) is 14.9 Å². The summed E-state index contributed by atoms with van der Waals surface area (Å²) in [6.45, 7) is 2.34. The molecule has 0 radical (unpaired) electrons. The maximum atomic E-state index is 13.8. The molecule has 0 bridgehead atoms. The number of pyridine rings is 1. The predicted molar refractivity (Wildman–Crippen MR) is 108 cm³/mol. The van der Waals surface area contributed by atoms with Gasteiger partial charge >= 0.3 is 6.18 Å². The van der Waals surface area contributed by atoms with Crippen LogP contribution in [0.5, 0.6) is 0 Å². The lowest BCUT2D eigenvalue weighted by molar-refractivity contribution is -0.137. The van der Waals surface area contributed by atoms with Gasteiger partial charge in [0.15, 0.2) is 0 Å². The second kappa shape index (κ2) is 8.60. The van der Waals surface area contributed by atoms with Gasteiger partial charge in [0.05, 0.1) is 22.9 Å². The van der Waals surface area contributed by atoms with Crippen LogP contribution >= 0.6 is 0 Å². The van der Waals surface area contributed by atoms with E-state index in [4.69, 9.17) is 4.42 Å². The van der Waals surface area contributed by atoms with Crippen LogP contribution in [0.15, 0.2) is 53.4 Å². The lowest BCUT2D eigenvalue weighted by Crippen LogP contribution is -2.52. The summed E-state index contributed by atoms with van der Waals surface area (Å²) in [6.07, 6.45) is 0.472. The highest BCUT2D eigenvalue weighted by molar-refractivity contribution is 6.00. The van der Waals surface area contributed by atoms with E-state index in [9.17, 15) is 22.4 Å². The Hall–Kier alpha value is -3.43. The zero-order valence-corrected chi connectivity index (χ0v) is 17.1. The molecule has 1 aliphatic rings. The number of alkyl halides is 3. The number of carbonyl (C=O) groups excluding carboxylic acids is 1. The monoisotopic (exact) mass is 448 g/mol. The van der Waals surface area contributed by atoms with Crippen molar-refractivity contribution in [2.24, 2.45) is 0 Å². The zero-order valence-electron chi connectivity index (χ0n) is 17.1. The van der Waals surface area contributed by atoms with Gasteiger partial charge < -0.3 is 14.6 Å². The summed E-state index contributed by atoms with van der Waals surface area (Å²) < 4.78 is 57.4. The Morgan fingerprint density at radius 2 is 2.03 bits per heavy atom. The van der Waals surface area contributed by atoms with Crippen molar-refractivity contribution in [3.63, 3.8) is 0 Å². The van der Waals surface area contributed by atoms with Crippen LogP contribution in [0.4, 0.5) is 23.4 Å². The molecule has 3 aromatic rings. The molecule has 1 amide bonds. The van der Waals surface area contributed by atoms with E-state index < -0.39 is 17.6 Å². The number of piperidine rings is 1. The van der Waals surface area contributed by atoms with Gasteiger partial charge in [-0.3, -0.25) is 4.79 Å². The molecule has 1 aromatic carbocycles. The molecular weight excluding hydrogens is 428 g/mol. The third kappa shape index (κ3) is 4.44. The number of oxazole rings is 1. The van der Waals surface area contributed by atoms with Crippen molar-refractivity contribution in [3.05, 3.63) is 65.9 Å². The Bertz CT molecular complexity index is 1080. The molecule has 168 valence electrons. The highest BCUT2D eigenvalue weighted by Gasteiger charge is 2.34. The van der Waals surface area contributed by atoms with Crippen molar-refractivity contribution in [2.45, 2.75) is 38.0 Å². The number of hydrogen-bond acceptors (Lipinski definition) is 5. The van der Waals surface area contributed by atoms with Crippen LogP contribution in [0.1, 0.15) is 35.7 Å². The number of aromatic nitrogens is 2. The highest BCUT2D eigenvalue weighted by Crippen LogP contribution is 2.30. The van der Waals surface area contributed by atoms with E-state index >= 15 is 0 Å². The second-order valence-electron chi connectivity index (χ2n) is 7.59. The number of amides is 1. The Kier molecular flexibility index (Phi) is 5.86. The third-order valence-corrected chi connectivity index (χ3v) is 5.55. The molecule has 0 aliphatic carbocycles. The molecule has 32 heavy (non-hydrogen) atoms. The minimum Gasteiger partial charge on any atom is -0.445 e. The van der Waals surface area contributed by atoms with Crippen LogP contribution in [0.3, 0.4) is 0 Å². The Balaban J connectivity index is 1.54. The smallest absolute Gasteiger partial charge is 0.417 e. The molecule has 3 heterocycles. The quantitative estimate of drug-likeness (QED) is 0.569. The molecule has 6 nitrogen and oxygen atoms in total. The summed E-state index contributed by atoms with van der Waals surface area (Å²) in [5, 5.41) is 3.13. The average Bonchev–Trinajstić information content (AvgIpc) is 3.29. The van der Waals surface area contributed by atoms with E-state index in [0.717, 1.165) is 12.3 Å². The van der Waals surface area contributed by atoms with Crippen molar-refractivity contribution in [2.75, 3.05) is 11.9 Å². The first kappa shape index (κ1) is 21.8. The van der Waals surface area contributed by atoms with Gasteiger partial charge in [-0.25, -0.2) is 14.4 Å². The van der Waals surface area contributed by atoms with Crippen LogP contribution in [-0.4, -0.2) is 39.4 Å². The molecule has 10 heteroatoms. The lowest BCUT2D eigenvalue weighted by Gasteiger charge is -2.40. The van der Waals surface area contributed by atoms with Crippen LogP contribution < -0.4 is 5.32 Å². The van der Waals surface area contributed by atoms with Gasteiger partial charge in [-0.05, 0) is 50.1 Å². The summed E-state index contributed by atoms with van der Waals surface area (Å²) in [5.41, 5.74) is -0.312. The number of hydrogen-bond donors (Lipinski definition) is 1. The van der Waals surface area contributed by atoms with E-state index in [0.29, 0.717) is 25.2 Å². The van der Waals surface area contributed by atoms with E-state index in [1.54, 1.807) is 4.90 Å². The first-order chi connectivity index (χ1) is 15.2. The van der Waals surface area contributed by atoms with Gasteiger partial charge in [0, 0.05) is 24.8 Å². The van der Waals surface area contributed by atoms with E-state index in [1.165, 1.54) is 36.7 Å². The third-order valence-electron chi connectivity index (χ3n) is 5.55. The molecule has 0 saturated carbocycles. The van der Waals surface area contributed by atoms with E-state index in [2.05, 4.69) is 15.3 Å². The number of nitrogens with zero attached hydrogens (tertiary/aromatic N) is 3. The van der Waals surface area contributed by atoms with Gasteiger partial charge in [0.25, 0.3) is 5.91 Å². The Morgan fingerprint density at radius 1 is 1.22 bits per heavy atom. The standard InChI is InChI=1S/C22H20F4N4O2/c1-13-18(29-19-7-4-14(12-28-19)22(24,25)26)3-2-9-30(13)21(31)16-6-5-15(23)11-17(16)20-27-8-10-32-20/h4-8,10-13,18H,2-3,9H2,1H3,(H,28,29). The largest absolute Gasteiger partial charge is 0.445 e. The fourth-order valence-corrected chi connectivity index (χ4v) is 3.85. The summed E-state index contributed by atoms with van der Waals surface area (Å²) in [4.78, 5) is 22.9. The number of carbonyl (C=O) groups is 1. The fraction of sp³-hybridized carbons (Fsp3) is 0.318. The van der Waals surface area contributed by atoms with E-state index in [1.807, 2.05) is 6.92 Å². The maximum absolute atomic E-state index is 13.8. The zero-order chi connectivity index (χ0) is 22.9. The van der Waals surface area contributed by atoms with Crippen molar-refractivity contribution >= 4 is 11.7 Å². The molecule has 1 aliphatic heterocycles. The van der Waals surface area contributed by atoms with Crippen molar-refractivity contribution < 1.29 is 26.8 Å². The number of nitrogens with one attached hydrogen (secondary N) is 1. The predicted octanol–water partition coefficient (Wildman–Crippen LogP) is 5.00. The van der Waals surface area contributed by atoms with Crippen LogP contribution in [0.25, 0.3) is 11.5 Å². The van der Waals surface area contributed by atoms with Gasteiger partial charge in [-0.2, -0.15) is 13.2 Å². The number of likely N-dealkylation sites (tertiary alicyclic amines) is 1. The fourth-order valence-electron chi connectivity index (χ4n) is 3.85. The molecule has 4 rings (SSSR count). The summed E-state index contributed by atoms with van der Waals surface area (Å²) in [7, 11) is 0. The van der Waals surface area contributed by atoms with Gasteiger partial charge in [-0.1, -0.05) is 0 Å². The minimum absolute atomic E-state index is 0.140. The van der Waals surface area contributed by atoms with Crippen LogP contribution in [-0.2, 0) is 6.18 Å². The molecule has 2 unspecified atom stereocenters. The van der Waals surface area contributed by atoms with Gasteiger partial charge in [0.2, 0.25) is 5.89 Å². The molecule has 1 saturated heterocycles. The summed E-state index contributed by atoms with van der Waals surface area (Å²) >= 11 is 0. The number of anilines is 1. The first-order valence-electron chi connectivity index (χ1n) is 10.0.